The molecule has 1 aromatic heterocycles. The molecule has 2 N–H and O–H groups in total. The highest BCUT2D eigenvalue weighted by Crippen LogP contribution is 2.25. The lowest BCUT2D eigenvalue weighted by Gasteiger charge is -1.98. The minimum Gasteiger partial charge on any atom is -0.340 e. The van der Waals surface area contributed by atoms with E-state index in [0.717, 1.165) is 10.9 Å². The summed E-state index contributed by atoms with van der Waals surface area (Å²) in [4.78, 5) is 2.79. The van der Waals surface area contributed by atoms with Crippen molar-refractivity contribution in [2.75, 3.05) is 4.72 Å². The van der Waals surface area contributed by atoms with E-state index >= 15 is 0 Å². The van der Waals surface area contributed by atoms with Gasteiger partial charge in [0, 0.05) is 10.9 Å². The van der Waals surface area contributed by atoms with Gasteiger partial charge in [-0.05, 0) is 18.6 Å². The molecule has 6 heteroatoms. The lowest BCUT2D eigenvalue weighted by Crippen LogP contribution is -2.06. The Labute approximate surface area is 86.5 Å². The molecule has 2 rings (SSSR count). The molecule has 0 aliphatic carbocycles. The molecular weight excluding hydrogens is 219 g/mol. The fourth-order valence-electron chi connectivity index (χ4n) is 1.51. The lowest BCUT2D eigenvalue weighted by atomic mass is 10.2. The van der Waals surface area contributed by atoms with Crippen molar-refractivity contribution < 1.29 is 12.3 Å². The summed E-state index contributed by atoms with van der Waals surface area (Å²) in [6, 6.07) is 7.26. The maximum Gasteiger partial charge on any atom is 0.398 e. The van der Waals surface area contributed by atoms with Gasteiger partial charge in [0.15, 0.2) is 0 Å². The first kappa shape index (κ1) is 9.97. The van der Waals surface area contributed by atoms with Crippen LogP contribution in [-0.4, -0.2) is 13.4 Å². The number of fused-ring (bicyclic) bond motifs is 1. The highest BCUT2D eigenvalue weighted by Gasteiger charge is 2.12. The molecule has 1 heterocycles. The van der Waals surface area contributed by atoms with Gasteiger partial charge < -0.3 is 4.98 Å². The third kappa shape index (κ3) is 1.94. The van der Waals surface area contributed by atoms with E-state index in [0.29, 0.717) is 5.56 Å². The number of aromatic amines is 1. The van der Waals surface area contributed by atoms with E-state index in [-0.39, 0.29) is 5.82 Å². The van der Waals surface area contributed by atoms with E-state index in [1.54, 1.807) is 17.7 Å². The van der Waals surface area contributed by atoms with Crippen molar-refractivity contribution in [1.82, 2.24) is 4.98 Å². The number of aryl methyl sites for hydroxylation is 1. The molecule has 1 aromatic carbocycles. The van der Waals surface area contributed by atoms with Crippen molar-refractivity contribution >= 4 is 27.1 Å². The van der Waals surface area contributed by atoms with Gasteiger partial charge in [-0.3, -0.25) is 0 Å². The highest BCUT2D eigenvalue weighted by atomic mass is 32.3. The second kappa shape index (κ2) is 3.23. The minimum absolute atomic E-state index is 0.165. The number of benzene rings is 1. The standard InChI is InChI=1S/C9H9FN2O2S/c1-6-7-4-2-3-5-8(7)11-9(6)12-15(10,13)14/h2-5,11-12H,1H3. The van der Waals surface area contributed by atoms with Crippen molar-refractivity contribution in [1.29, 1.82) is 0 Å². The van der Waals surface area contributed by atoms with E-state index in [4.69, 9.17) is 0 Å². The first-order chi connectivity index (χ1) is 6.97. The summed E-state index contributed by atoms with van der Waals surface area (Å²) in [5.74, 6) is 0.165. The molecule has 4 nitrogen and oxygen atoms in total. The molecule has 0 unspecified atom stereocenters. The maximum absolute atomic E-state index is 12.4. The van der Waals surface area contributed by atoms with Gasteiger partial charge in [0.25, 0.3) is 0 Å². The number of hydrogen-bond donors (Lipinski definition) is 2. The first-order valence-corrected chi connectivity index (χ1v) is 5.65. The lowest BCUT2D eigenvalue weighted by molar-refractivity contribution is 0.558. The second-order valence-electron chi connectivity index (χ2n) is 3.21. The van der Waals surface area contributed by atoms with Gasteiger partial charge >= 0.3 is 10.4 Å². The molecule has 0 amide bonds. The highest BCUT2D eigenvalue weighted by molar-refractivity contribution is 7.87. The van der Waals surface area contributed by atoms with Crippen LogP contribution in [0.4, 0.5) is 9.70 Å². The van der Waals surface area contributed by atoms with Crippen LogP contribution in [0.1, 0.15) is 5.56 Å². The van der Waals surface area contributed by atoms with Gasteiger partial charge in [0.05, 0.1) is 0 Å². The summed E-state index contributed by atoms with van der Waals surface area (Å²) >= 11 is 0. The van der Waals surface area contributed by atoms with Crippen molar-refractivity contribution in [2.45, 2.75) is 6.92 Å². The van der Waals surface area contributed by atoms with Gasteiger partial charge in [-0.2, -0.15) is 8.42 Å². The zero-order valence-electron chi connectivity index (χ0n) is 7.91. The number of rotatable bonds is 2. The van der Waals surface area contributed by atoms with Crippen LogP contribution < -0.4 is 4.72 Å². The van der Waals surface area contributed by atoms with E-state index in [2.05, 4.69) is 4.98 Å². The van der Waals surface area contributed by atoms with E-state index in [1.165, 1.54) is 0 Å². The van der Waals surface area contributed by atoms with Crippen molar-refractivity contribution in [3.8, 4) is 0 Å². The summed E-state index contributed by atoms with van der Waals surface area (Å²) in [7, 11) is -4.73. The molecule has 0 fully saturated rings. The summed E-state index contributed by atoms with van der Waals surface area (Å²) in [5, 5.41) is 0.864. The van der Waals surface area contributed by atoms with Crippen LogP contribution in [0.2, 0.25) is 0 Å². The summed E-state index contributed by atoms with van der Waals surface area (Å²) < 4.78 is 35.1. The molecule has 0 saturated heterocycles. The normalized spacial score (nSPS) is 11.9. The molecule has 0 bridgehead atoms. The monoisotopic (exact) mass is 228 g/mol. The molecule has 0 radical (unpaired) electrons. The van der Waals surface area contributed by atoms with Crippen LogP contribution in [0.25, 0.3) is 10.9 Å². The van der Waals surface area contributed by atoms with Crippen LogP contribution in [-0.2, 0) is 10.4 Å². The van der Waals surface area contributed by atoms with E-state index in [9.17, 15) is 12.3 Å². The molecule has 0 aliphatic rings. The zero-order valence-corrected chi connectivity index (χ0v) is 8.73. The second-order valence-corrected chi connectivity index (χ2v) is 4.29. The number of aromatic nitrogens is 1. The number of halogens is 1. The molecule has 0 saturated carbocycles. The Morgan fingerprint density at radius 3 is 2.60 bits per heavy atom. The average molecular weight is 228 g/mol. The Balaban J connectivity index is 2.58. The van der Waals surface area contributed by atoms with Gasteiger partial charge in [0.2, 0.25) is 0 Å². The third-order valence-corrected chi connectivity index (χ3v) is 2.64. The number of hydrogen-bond acceptors (Lipinski definition) is 2. The maximum atomic E-state index is 12.4. The Hall–Kier alpha value is -1.56. The van der Waals surface area contributed by atoms with Gasteiger partial charge in [-0.25, -0.2) is 4.72 Å². The van der Waals surface area contributed by atoms with Crippen LogP contribution in [0, 0.1) is 6.92 Å². The van der Waals surface area contributed by atoms with Crippen molar-refractivity contribution in [3.05, 3.63) is 29.8 Å². The molecule has 0 atom stereocenters. The quantitative estimate of drug-likeness (QED) is 0.773. The largest absolute Gasteiger partial charge is 0.398 e. The predicted octanol–water partition coefficient (Wildman–Crippen LogP) is 2.10. The Kier molecular flexibility index (Phi) is 2.15. The summed E-state index contributed by atoms with van der Waals surface area (Å²) in [6.07, 6.45) is 0. The smallest absolute Gasteiger partial charge is 0.340 e. The number of H-pyrrole nitrogens is 1. The SMILES string of the molecule is Cc1c(NS(=O)(=O)F)[nH]c2ccccc12. The Morgan fingerprint density at radius 1 is 1.33 bits per heavy atom. The summed E-state index contributed by atoms with van der Waals surface area (Å²) in [5.41, 5.74) is 1.44. The first-order valence-electron chi connectivity index (χ1n) is 4.27. The molecule has 0 spiro atoms. The molecule has 15 heavy (non-hydrogen) atoms. The van der Waals surface area contributed by atoms with E-state index < -0.39 is 10.4 Å². The Bertz CT molecular complexity index is 604. The number of nitrogens with one attached hydrogen (secondary N) is 2. The average Bonchev–Trinajstić information content (AvgIpc) is 2.42. The molecular formula is C9H9FN2O2S. The van der Waals surface area contributed by atoms with Crippen molar-refractivity contribution in [3.63, 3.8) is 0 Å². The number of para-hydroxylation sites is 1. The molecule has 2 aromatic rings. The van der Waals surface area contributed by atoms with Crippen molar-refractivity contribution in [2.24, 2.45) is 0 Å². The minimum atomic E-state index is -4.73. The molecule has 0 aliphatic heterocycles. The van der Waals surface area contributed by atoms with E-state index in [1.807, 2.05) is 18.2 Å². The zero-order chi connectivity index (χ0) is 11.1. The Morgan fingerprint density at radius 2 is 2.00 bits per heavy atom. The van der Waals surface area contributed by atoms with Crippen LogP contribution in [0.15, 0.2) is 24.3 Å². The van der Waals surface area contributed by atoms with Crippen LogP contribution in [0.5, 0.6) is 0 Å². The fourth-order valence-corrected chi connectivity index (χ4v) is 1.95. The molecule has 80 valence electrons. The third-order valence-electron chi connectivity index (χ3n) is 2.19. The van der Waals surface area contributed by atoms with Gasteiger partial charge in [-0.15, -0.1) is 0 Å². The van der Waals surface area contributed by atoms with Crippen LogP contribution in [0.3, 0.4) is 0 Å². The predicted molar refractivity (Wildman–Crippen MR) is 56.7 cm³/mol. The number of anilines is 1. The topological polar surface area (TPSA) is 62.0 Å². The van der Waals surface area contributed by atoms with Gasteiger partial charge in [0.1, 0.15) is 5.82 Å². The fraction of sp³-hybridized carbons (Fsp3) is 0.111. The van der Waals surface area contributed by atoms with Crippen LogP contribution >= 0.6 is 0 Å². The van der Waals surface area contributed by atoms with Gasteiger partial charge in [-0.1, -0.05) is 22.1 Å². The summed E-state index contributed by atoms with van der Waals surface area (Å²) in [6.45, 7) is 1.71.